The van der Waals surface area contributed by atoms with Crippen LogP contribution in [0.2, 0.25) is 0 Å². The lowest BCUT2D eigenvalue weighted by molar-refractivity contribution is -0.137. The highest BCUT2D eigenvalue weighted by Gasteiger charge is 2.47. The molecule has 1 aliphatic rings. The lowest BCUT2D eigenvalue weighted by Crippen LogP contribution is -2.53. The quantitative estimate of drug-likeness (QED) is 0.710. The summed E-state index contributed by atoms with van der Waals surface area (Å²) in [4.78, 5) is 2.17. The zero-order valence-corrected chi connectivity index (χ0v) is 15.0. The van der Waals surface area contributed by atoms with Crippen LogP contribution in [0.15, 0.2) is 24.3 Å². The van der Waals surface area contributed by atoms with E-state index in [-0.39, 0.29) is 11.5 Å². The second-order valence-electron chi connectivity index (χ2n) is 7.36. The summed E-state index contributed by atoms with van der Waals surface area (Å²) in [5.41, 5.74) is 0.0906. The van der Waals surface area contributed by atoms with E-state index in [0.29, 0.717) is 12.5 Å². The summed E-state index contributed by atoms with van der Waals surface area (Å²) in [6.45, 7) is 2.81. The van der Waals surface area contributed by atoms with Crippen molar-refractivity contribution in [3.05, 3.63) is 35.4 Å². The van der Waals surface area contributed by atoms with E-state index in [1.54, 1.807) is 13.2 Å². The van der Waals surface area contributed by atoms with Gasteiger partial charge in [0.25, 0.3) is 0 Å². The van der Waals surface area contributed by atoms with Gasteiger partial charge in [-0.3, -0.25) is 0 Å². The number of methoxy groups -OCH3 is 1. The molecule has 0 aliphatic heterocycles. The van der Waals surface area contributed by atoms with Gasteiger partial charge in [0, 0.05) is 25.2 Å². The first-order valence-corrected chi connectivity index (χ1v) is 8.54. The molecule has 0 saturated heterocycles. The average molecular weight is 343 g/mol. The average Bonchev–Trinajstić information content (AvgIpc) is 2.44. The van der Waals surface area contributed by atoms with E-state index < -0.39 is 11.7 Å². The Hall–Kier alpha value is -1.07. The number of nitrogens with zero attached hydrogens (tertiary/aromatic N) is 1. The molecule has 0 amide bonds. The molecule has 2 rings (SSSR count). The Kier molecular flexibility index (Phi) is 5.97. The molecular weight excluding hydrogens is 315 g/mol. The fourth-order valence-corrected chi connectivity index (χ4v) is 4.04. The number of hydrogen-bond acceptors (Lipinski definition) is 2. The summed E-state index contributed by atoms with van der Waals surface area (Å²) in [7, 11) is 5.74. The molecule has 0 N–H and O–H groups in total. The molecule has 2 unspecified atom stereocenters. The second kappa shape index (κ2) is 7.44. The van der Waals surface area contributed by atoms with Crippen molar-refractivity contribution in [3.8, 4) is 0 Å². The van der Waals surface area contributed by atoms with E-state index in [2.05, 4.69) is 11.8 Å². The molecule has 2 atom stereocenters. The molecule has 0 aromatic heterocycles. The van der Waals surface area contributed by atoms with Crippen LogP contribution in [0.3, 0.4) is 0 Å². The zero-order chi connectivity index (χ0) is 18.0. The number of alkyl halides is 3. The maximum Gasteiger partial charge on any atom is 0.416 e. The molecule has 0 radical (unpaired) electrons. The standard InChI is InChI=1S/C19H28F3NO/c1-14(13-24-4)11-17(23(2)3)18(9-6-10-18)15-7-5-8-16(12-15)19(20,21)22/h5,7-8,12,14,17H,6,9-11,13H2,1-4H3. The Balaban J connectivity index is 2.35. The van der Waals surface area contributed by atoms with Crippen molar-refractivity contribution in [2.75, 3.05) is 27.8 Å². The minimum atomic E-state index is -4.29. The highest BCUT2D eigenvalue weighted by atomic mass is 19.4. The third kappa shape index (κ3) is 3.94. The number of rotatable bonds is 7. The van der Waals surface area contributed by atoms with Crippen molar-refractivity contribution in [2.45, 2.75) is 50.2 Å². The van der Waals surface area contributed by atoms with Crippen LogP contribution in [-0.4, -0.2) is 38.8 Å². The fourth-order valence-electron chi connectivity index (χ4n) is 4.04. The van der Waals surface area contributed by atoms with Crippen LogP contribution in [0, 0.1) is 5.92 Å². The van der Waals surface area contributed by atoms with Crippen molar-refractivity contribution >= 4 is 0 Å². The molecule has 1 aromatic carbocycles. The molecule has 5 heteroatoms. The highest BCUT2D eigenvalue weighted by Crippen LogP contribution is 2.50. The molecule has 0 heterocycles. The molecule has 1 saturated carbocycles. The van der Waals surface area contributed by atoms with Gasteiger partial charge in [-0.15, -0.1) is 0 Å². The number of halogens is 3. The smallest absolute Gasteiger partial charge is 0.384 e. The predicted octanol–water partition coefficient (Wildman–Crippen LogP) is 4.73. The third-order valence-corrected chi connectivity index (χ3v) is 5.35. The first-order chi connectivity index (χ1) is 11.2. The maximum absolute atomic E-state index is 13.1. The summed E-state index contributed by atoms with van der Waals surface area (Å²) in [6.07, 6.45) is -0.429. The first kappa shape index (κ1) is 19.3. The summed E-state index contributed by atoms with van der Waals surface area (Å²) >= 11 is 0. The number of likely N-dealkylation sites (N-methyl/N-ethyl adjacent to an activating group) is 1. The molecule has 0 bridgehead atoms. The zero-order valence-electron chi connectivity index (χ0n) is 15.0. The van der Waals surface area contributed by atoms with E-state index in [0.717, 1.165) is 37.3 Å². The monoisotopic (exact) mass is 343 g/mol. The largest absolute Gasteiger partial charge is 0.416 e. The summed E-state index contributed by atoms with van der Waals surface area (Å²) < 4.78 is 44.6. The van der Waals surface area contributed by atoms with Gasteiger partial charge < -0.3 is 9.64 Å². The van der Waals surface area contributed by atoms with Crippen molar-refractivity contribution in [1.82, 2.24) is 4.90 Å². The Morgan fingerprint density at radius 1 is 1.25 bits per heavy atom. The van der Waals surface area contributed by atoms with Gasteiger partial charge >= 0.3 is 6.18 Å². The molecule has 136 valence electrons. The summed E-state index contributed by atoms with van der Waals surface area (Å²) in [6, 6.07) is 6.14. The minimum absolute atomic E-state index is 0.188. The molecular formula is C19H28F3NO. The first-order valence-electron chi connectivity index (χ1n) is 8.54. The molecule has 1 aromatic rings. The molecule has 1 aliphatic carbocycles. The van der Waals surface area contributed by atoms with Crippen LogP contribution in [0.5, 0.6) is 0 Å². The SMILES string of the molecule is COCC(C)CC(N(C)C)C1(c2cccc(C(F)(F)F)c2)CCC1. The van der Waals surface area contributed by atoms with E-state index in [1.165, 1.54) is 6.07 Å². The van der Waals surface area contributed by atoms with E-state index in [1.807, 2.05) is 20.2 Å². The van der Waals surface area contributed by atoms with E-state index in [9.17, 15) is 13.2 Å². The Morgan fingerprint density at radius 3 is 2.38 bits per heavy atom. The maximum atomic E-state index is 13.1. The Labute approximate surface area is 143 Å². The van der Waals surface area contributed by atoms with Crippen LogP contribution < -0.4 is 0 Å². The van der Waals surface area contributed by atoms with Gasteiger partial charge in [0.15, 0.2) is 0 Å². The van der Waals surface area contributed by atoms with E-state index in [4.69, 9.17) is 4.74 Å². The highest BCUT2D eigenvalue weighted by molar-refractivity contribution is 5.35. The Bertz CT molecular complexity index is 538. The lowest BCUT2D eigenvalue weighted by Gasteiger charge is -2.51. The number of benzene rings is 1. The van der Waals surface area contributed by atoms with Crippen molar-refractivity contribution in [2.24, 2.45) is 5.92 Å². The molecule has 0 spiro atoms. The van der Waals surface area contributed by atoms with Gasteiger partial charge in [-0.05, 0) is 50.9 Å². The van der Waals surface area contributed by atoms with Gasteiger partial charge in [0.2, 0.25) is 0 Å². The minimum Gasteiger partial charge on any atom is -0.384 e. The van der Waals surface area contributed by atoms with Gasteiger partial charge in [-0.1, -0.05) is 31.5 Å². The third-order valence-electron chi connectivity index (χ3n) is 5.35. The number of hydrogen-bond donors (Lipinski definition) is 0. The van der Waals surface area contributed by atoms with Gasteiger partial charge in [-0.2, -0.15) is 13.2 Å². The van der Waals surface area contributed by atoms with Crippen LogP contribution in [0.25, 0.3) is 0 Å². The van der Waals surface area contributed by atoms with Crippen LogP contribution >= 0.6 is 0 Å². The normalized spacial score (nSPS) is 19.8. The number of ether oxygens (including phenoxy) is 1. The molecule has 1 fully saturated rings. The van der Waals surface area contributed by atoms with Crippen LogP contribution in [-0.2, 0) is 16.3 Å². The topological polar surface area (TPSA) is 12.5 Å². The van der Waals surface area contributed by atoms with E-state index >= 15 is 0 Å². The molecule has 2 nitrogen and oxygen atoms in total. The van der Waals surface area contributed by atoms with Crippen LogP contribution in [0.1, 0.15) is 43.7 Å². The van der Waals surface area contributed by atoms with Gasteiger partial charge in [-0.25, -0.2) is 0 Å². The predicted molar refractivity (Wildman–Crippen MR) is 90.1 cm³/mol. The molecule has 24 heavy (non-hydrogen) atoms. The van der Waals surface area contributed by atoms with Crippen molar-refractivity contribution in [1.29, 1.82) is 0 Å². The van der Waals surface area contributed by atoms with Crippen molar-refractivity contribution in [3.63, 3.8) is 0 Å². The van der Waals surface area contributed by atoms with Crippen molar-refractivity contribution < 1.29 is 17.9 Å². The van der Waals surface area contributed by atoms with Gasteiger partial charge in [0.1, 0.15) is 0 Å². The summed E-state index contributed by atoms with van der Waals surface area (Å²) in [5.74, 6) is 0.366. The van der Waals surface area contributed by atoms with Gasteiger partial charge in [0.05, 0.1) is 5.56 Å². The Morgan fingerprint density at radius 2 is 1.92 bits per heavy atom. The fraction of sp³-hybridized carbons (Fsp3) is 0.684. The summed E-state index contributed by atoms with van der Waals surface area (Å²) in [5, 5.41) is 0. The van der Waals surface area contributed by atoms with Crippen LogP contribution in [0.4, 0.5) is 13.2 Å². The second-order valence-corrected chi connectivity index (χ2v) is 7.36. The lowest BCUT2D eigenvalue weighted by atomic mass is 9.58.